The summed E-state index contributed by atoms with van der Waals surface area (Å²) in [6, 6.07) is 9.40. The summed E-state index contributed by atoms with van der Waals surface area (Å²) in [6.07, 6.45) is 5.38. The van der Waals surface area contributed by atoms with Crippen LogP contribution >= 0.6 is 0 Å². The first-order valence-electron chi connectivity index (χ1n) is 6.69. The van der Waals surface area contributed by atoms with Gasteiger partial charge in [0.2, 0.25) is 11.6 Å². The van der Waals surface area contributed by atoms with Crippen LogP contribution in [0, 0.1) is 5.92 Å². The summed E-state index contributed by atoms with van der Waals surface area (Å²) in [4.78, 5) is 28.7. The standard InChI is InChI=1S/C16H15NO2/c18-15(12-6-1-2-7-12)16(19)14-13-8-4-3-5-11(13)9-10-17-14/h3-5,8-10,12H,1-2,6-7H2. The van der Waals surface area contributed by atoms with Crippen LogP contribution in [0.4, 0.5) is 0 Å². The molecule has 0 bridgehead atoms. The summed E-state index contributed by atoms with van der Waals surface area (Å²) in [5.74, 6) is -0.779. The van der Waals surface area contributed by atoms with E-state index in [4.69, 9.17) is 0 Å². The second-order valence-electron chi connectivity index (χ2n) is 5.06. The number of benzene rings is 1. The third-order valence-electron chi connectivity index (χ3n) is 3.84. The molecule has 3 nitrogen and oxygen atoms in total. The predicted octanol–water partition coefficient (Wildman–Crippen LogP) is 3.18. The van der Waals surface area contributed by atoms with Crippen LogP contribution in [-0.4, -0.2) is 16.6 Å². The third-order valence-corrected chi connectivity index (χ3v) is 3.84. The topological polar surface area (TPSA) is 47.0 Å². The Morgan fingerprint density at radius 2 is 1.79 bits per heavy atom. The molecule has 2 aromatic rings. The minimum atomic E-state index is -0.427. The van der Waals surface area contributed by atoms with Crippen molar-refractivity contribution < 1.29 is 9.59 Å². The number of pyridine rings is 1. The average molecular weight is 253 g/mol. The van der Waals surface area contributed by atoms with Crippen molar-refractivity contribution in [1.29, 1.82) is 0 Å². The van der Waals surface area contributed by atoms with Crippen LogP contribution in [0.5, 0.6) is 0 Å². The van der Waals surface area contributed by atoms with E-state index >= 15 is 0 Å². The Hall–Kier alpha value is -2.03. The quantitative estimate of drug-likeness (QED) is 0.623. The summed E-state index contributed by atoms with van der Waals surface area (Å²) in [6.45, 7) is 0. The van der Waals surface area contributed by atoms with E-state index < -0.39 is 5.78 Å². The van der Waals surface area contributed by atoms with Gasteiger partial charge in [0.05, 0.1) is 0 Å². The number of ketones is 2. The second kappa shape index (κ2) is 4.92. The van der Waals surface area contributed by atoms with Crippen LogP contribution in [-0.2, 0) is 4.79 Å². The lowest BCUT2D eigenvalue weighted by molar-refractivity contribution is -0.118. The van der Waals surface area contributed by atoms with Crippen molar-refractivity contribution >= 4 is 22.3 Å². The van der Waals surface area contributed by atoms with Crippen LogP contribution in [0.25, 0.3) is 10.8 Å². The van der Waals surface area contributed by atoms with Crippen LogP contribution in [0.15, 0.2) is 36.5 Å². The predicted molar refractivity (Wildman–Crippen MR) is 73.0 cm³/mol. The molecular formula is C16H15NO2. The molecule has 3 rings (SSSR count). The van der Waals surface area contributed by atoms with Crippen molar-refractivity contribution in [3.05, 3.63) is 42.2 Å². The highest BCUT2D eigenvalue weighted by Crippen LogP contribution is 2.27. The van der Waals surface area contributed by atoms with Crippen molar-refractivity contribution in [2.45, 2.75) is 25.7 Å². The summed E-state index contributed by atoms with van der Waals surface area (Å²) < 4.78 is 0. The van der Waals surface area contributed by atoms with E-state index in [1.165, 1.54) is 0 Å². The largest absolute Gasteiger partial charge is 0.290 e. The van der Waals surface area contributed by atoms with E-state index in [9.17, 15) is 9.59 Å². The number of carbonyl (C=O) groups is 2. The van der Waals surface area contributed by atoms with Crippen LogP contribution in [0.2, 0.25) is 0 Å². The average Bonchev–Trinajstić information content (AvgIpc) is 2.99. The molecule has 1 aromatic carbocycles. The number of fused-ring (bicyclic) bond motifs is 1. The summed E-state index contributed by atoms with van der Waals surface area (Å²) in [5, 5.41) is 1.71. The first kappa shape index (κ1) is 12.0. The van der Waals surface area contributed by atoms with Crippen molar-refractivity contribution in [2.24, 2.45) is 5.92 Å². The molecule has 1 aliphatic rings. The Kier molecular flexibility index (Phi) is 3.11. The van der Waals surface area contributed by atoms with Crippen molar-refractivity contribution in [1.82, 2.24) is 4.98 Å². The molecule has 1 fully saturated rings. The molecule has 0 radical (unpaired) electrons. The van der Waals surface area contributed by atoms with E-state index in [2.05, 4.69) is 4.98 Å². The fourth-order valence-electron chi connectivity index (χ4n) is 2.79. The maximum atomic E-state index is 12.3. The molecule has 0 saturated heterocycles. The van der Waals surface area contributed by atoms with Crippen molar-refractivity contribution in [3.63, 3.8) is 0 Å². The SMILES string of the molecule is O=C(C(=O)C1CCCC1)c1nccc2ccccc12. The van der Waals surface area contributed by atoms with E-state index in [-0.39, 0.29) is 11.7 Å². The van der Waals surface area contributed by atoms with Gasteiger partial charge in [0.1, 0.15) is 5.69 Å². The highest BCUT2D eigenvalue weighted by molar-refractivity contribution is 6.45. The number of nitrogens with zero attached hydrogens (tertiary/aromatic N) is 1. The first-order valence-corrected chi connectivity index (χ1v) is 6.69. The van der Waals surface area contributed by atoms with Crippen LogP contribution in [0.3, 0.4) is 0 Å². The van der Waals surface area contributed by atoms with Gasteiger partial charge in [-0.2, -0.15) is 0 Å². The van der Waals surface area contributed by atoms with Gasteiger partial charge < -0.3 is 0 Å². The molecule has 1 aromatic heterocycles. The number of aromatic nitrogens is 1. The Bertz CT molecular complexity index is 637. The molecular weight excluding hydrogens is 238 g/mol. The number of rotatable bonds is 3. The van der Waals surface area contributed by atoms with Gasteiger partial charge in [-0.3, -0.25) is 14.6 Å². The number of hydrogen-bond acceptors (Lipinski definition) is 3. The molecule has 1 aliphatic carbocycles. The zero-order valence-electron chi connectivity index (χ0n) is 10.6. The fraction of sp³-hybridized carbons (Fsp3) is 0.312. The van der Waals surface area contributed by atoms with Crippen molar-refractivity contribution in [3.8, 4) is 0 Å². The first-order chi connectivity index (χ1) is 9.27. The third kappa shape index (κ3) is 2.16. The molecule has 0 atom stereocenters. The van der Waals surface area contributed by atoms with Crippen molar-refractivity contribution in [2.75, 3.05) is 0 Å². The molecule has 0 amide bonds. The smallest absolute Gasteiger partial charge is 0.247 e. The van der Waals surface area contributed by atoms with Gasteiger partial charge in [-0.15, -0.1) is 0 Å². The van der Waals surface area contributed by atoms with Gasteiger partial charge >= 0.3 is 0 Å². The molecule has 0 N–H and O–H groups in total. The zero-order chi connectivity index (χ0) is 13.2. The van der Waals surface area contributed by atoms with Gasteiger partial charge in [0.15, 0.2) is 0 Å². The van der Waals surface area contributed by atoms with Gasteiger partial charge in [-0.1, -0.05) is 37.1 Å². The summed E-state index contributed by atoms with van der Waals surface area (Å²) in [7, 11) is 0. The molecule has 1 saturated carbocycles. The lowest BCUT2D eigenvalue weighted by Crippen LogP contribution is -2.23. The minimum Gasteiger partial charge on any atom is -0.290 e. The lowest BCUT2D eigenvalue weighted by Gasteiger charge is -2.08. The normalized spacial score (nSPS) is 15.8. The monoisotopic (exact) mass is 253 g/mol. The maximum Gasteiger partial charge on any atom is 0.247 e. The highest BCUT2D eigenvalue weighted by Gasteiger charge is 2.30. The molecule has 96 valence electrons. The molecule has 0 aliphatic heterocycles. The second-order valence-corrected chi connectivity index (χ2v) is 5.06. The van der Waals surface area contributed by atoms with Crippen LogP contribution in [0.1, 0.15) is 36.2 Å². The molecule has 19 heavy (non-hydrogen) atoms. The maximum absolute atomic E-state index is 12.3. The molecule has 1 heterocycles. The van der Waals surface area contributed by atoms with Gasteiger partial charge in [-0.25, -0.2) is 0 Å². The number of Topliss-reactive ketones (excluding diaryl/α,β-unsaturated/α-hetero) is 2. The summed E-state index contributed by atoms with van der Waals surface area (Å²) >= 11 is 0. The lowest BCUT2D eigenvalue weighted by atomic mass is 9.95. The van der Waals surface area contributed by atoms with E-state index in [1.807, 2.05) is 30.3 Å². The fourth-order valence-corrected chi connectivity index (χ4v) is 2.79. The molecule has 3 heteroatoms. The Balaban J connectivity index is 1.99. The van der Waals surface area contributed by atoms with E-state index in [0.29, 0.717) is 5.69 Å². The van der Waals surface area contributed by atoms with Gasteiger partial charge in [0, 0.05) is 17.5 Å². The van der Waals surface area contributed by atoms with Gasteiger partial charge in [0.25, 0.3) is 0 Å². The number of carbonyl (C=O) groups excluding carboxylic acids is 2. The van der Waals surface area contributed by atoms with Gasteiger partial charge in [-0.05, 0) is 24.3 Å². The van der Waals surface area contributed by atoms with E-state index in [0.717, 1.165) is 36.5 Å². The Labute approximate surface area is 111 Å². The van der Waals surface area contributed by atoms with E-state index in [1.54, 1.807) is 6.20 Å². The Morgan fingerprint density at radius 1 is 1.05 bits per heavy atom. The number of hydrogen-bond donors (Lipinski definition) is 0. The van der Waals surface area contributed by atoms with Crippen LogP contribution < -0.4 is 0 Å². The zero-order valence-corrected chi connectivity index (χ0v) is 10.6. The highest BCUT2D eigenvalue weighted by atomic mass is 16.2. The minimum absolute atomic E-state index is 0.0896. The Morgan fingerprint density at radius 3 is 2.58 bits per heavy atom. The molecule has 0 spiro atoms. The summed E-state index contributed by atoms with van der Waals surface area (Å²) in [5.41, 5.74) is 0.301. The molecule has 0 unspecified atom stereocenters.